The molecule has 1 aliphatic heterocycles. The highest BCUT2D eigenvalue weighted by atomic mass is 16.5. The van der Waals surface area contributed by atoms with Crippen LogP contribution >= 0.6 is 0 Å². The van der Waals surface area contributed by atoms with Crippen LogP contribution in [0.25, 0.3) is 33.1 Å². The van der Waals surface area contributed by atoms with Crippen molar-refractivity contribution in [3.8, 4) is 11.3 Å². The van der Waals surface area contributed by atoms with Crippen LogP contribution in [0, 0.1) is 0 Å². The number of benzene rings is 3. The van der Waals surface area contributed by atoms with Gasteiger partial charge in [0.2, 0.25) is 5.95 Å². The Balaban J connectivity index is 1.17. The van der Waals surface area contributed by atoms with Gasteiger partial charge < -0.3 is 15.4 Å². The molecule has 2 aromatic heterocycles. The van der Waals surface area contributed by atoms with E-state index in [0.717, 1.165) is 58.4 Å². The average Bonchev–Trinajstić information content (AvgIpc) is 3.30. The fourth-order valence-electron chi connectivity index (χ4n) is 4.90. The van der Waals surface area contributed by atoms with Crippen LogP contribution in [0.4, 0.5) is 22.1 Å². The fraction of sp³-hybridized carbons (Fsp3) is 0.241. The van der Waals surface area contributed by atoms with Crippen LogP contribution in [-0.4, -0.2) is 63.6 Å². The van der Waals surface area contributed by atoms with Gasteiger partial charge in [-0.2, -0.15) is 10.1 Å². The lowest BCUT2D eigenvalue weighted by Crippen LogP contribution is -2.49. The summed E-state index contributed by atoms with van der Waals surface area (Å²) < 4.78 is 7.28. The molecule has 0 unspecified atom stereocenters. The SMILES string of the molecule is CCN(c1ncc2c(-c3ccc(NC(=O)Nc4ccc5ccccc5c4)cc3)nn(C)c2n1)N1CCOCC1. The number of fused-ring (bicyclic) bond motifs is 2. The Kier molecular flexibility index (Phi) is 6.78. The monoisotopic (exact) mass is 522 g/mol. The van der Waals surface area contributed by atoms with Gasteiger partial charge in [0, 0.05) is 49.8 Å². The number of amides is 2. The Labute approximate surface area is 226 Å². The molecule has 1 aliphatic rings. The van der Waals surface area contributed by atoms with E-state index in [1.807, 2.05) is 80.0 Å². The number of ether oxygens (including phenoxy) is 1. The number of nitrogens with zero attached hydrogens (tertiary/aromatic N) is 6. The molecule has 6 rings (SSSR count). The van der Waals surface area contributed by atoms with E-state index in [4.69, 9.17) is 14.8 Å². The van der Waals surface area contributed by atoms with Crippen molar-refractivity contribution in [1.29, 1.82) is 0 Å². The Morgan fingerprint density at radius 1 is 0.974 bits per heavy atom. The summed E-state index contributed by atoms with van der Waals surface area (Å²) in [4.78, 5) is 22.1. The third-order valence-corrected chi connectivity index (χ3v) is 6.85. The second-order valence-corrected chi connectivity index (χ2v) is 9.38. The molecule has 2 amide bonds. The molecule has 0 saturated carbocycles. The minimum Gasteiger partial charge on any atom is -0.379 e. The van der Waals surface area contributed by atoms with Gasteiger partial charge in [0.05, 0.1) is 18.6 Å². The van der Waals surface area contributed by atoms with Gasteiger partial charge in [0.25, 0.3) is 0 Å². The zero-order valence-corrected chi connectivity index (χ0v) is 22.0. The van der Waals surface area contributed by atoms with Crippen molar-refractivity contribution in [1.82, 2.24) is 24.8 Å². The zero-order valence-electron chi connectivity index (χ0n) is 22.0. The Morgan fingerprint density at radius 2 is 1.69 bits per heavy atom. The molecule has 0 radical (unpaired) electrons. The Hall–Kier alpha value is -4.54. The number of hydrazine groups is 1. The number of morpholine rings is 1. The van der Waals surface area contributed by atoms with Crippen LogP contribution in [0.1, 0.15) is 6.92 Å². The van der Waals surface area contributed by atoms with E-state index in [-0.39, 0.29) is 6.03 Å². The number of anilines is 3. The van der Waals surface area contributed by atoms with Crippen LogP contribution in [0.3, 0.4) is 0 Å². The zero-order chi connectivity index (χ0) is 26.8. The number of carbonyl (C=O) groups is 1. The van der Waals surface area contributed by atoms with E-state index < -0.39 is 0 Å². The molecule has 0 bridgehead atoms. The number of aromatic nitrogens is 4. The number of rotatable bonds is 6. The number of carbonyl (C=O) groups excluding carboxylic acids is 1. The molecule has 0 spiro atoms. The summed E-state index contributed by atoms with van der Waals surface area (Å²) in [6, 6.07) is 21.2. The van der Waals surface area contributed by atoms with E-state index >= 15 is 0 Å². The minimum atomic E-state index is -0.303. The first-order valence-electron chi connectivity index (χ1n) is 13.1. The predicted octanol–water partition coefficient (Wildman–Crippen LogP) is 4.90. The van der Waals surface area contributed by atoms with Crippen LogP contribution in [0.15, 0.2) is 72.9 Å². The number of hydrogen-bond acceptors (Lipinski definition) is 7. The van der Waals surface area contributed by atoms with Gasteiger partial charge in [0.15, 0.2) is 5.65 Å². The van der Waals surface area contributed by atoms with Crippen molar-refractivity contribution in [3.05, 3.63) is 72.9 Å². The molecule has 2 N–H and O–H groups in total. The second-order valence-electron chi connectivity index (χ2n) is 9.38. The summed E-state index contributed by atoms with van der Waals surface area (Å²) in [6.45, 7) is 5.88. The van der Waals surface area contributed by atoms with Crippen molar-refractivity contribution in [2.75, 3.05) is 48.5 Å². The smallest absolute Gasteiger partial charge is 0.323 e. The molecule has 10 heteroatoms. The Morgan fingerprint density at radius 3 is 2.46 bits per heavy atom. The molecule has 0 aliphatic carbocycles. The van der Waals surface area contributed by atoms with Gasteiger partial charge in [-0.3, -0.25) is 5.01 Å². The minimum absolute atomic E-state index is 0.303. The third kappa shape index (κ3) is 5.12. The first-order valence-corrected chi connectivity index (χ1v) is 13.1. The van der Waals surface area contributed by atoms with Crippen LogP contribution < -0.4 is 15.6 Å². The van der Waals surface area contributed by atoms with Crippen LogP contribution in [0.5, 0.6) is 0 Å². The summed E-state index contributed by atoms with van der Waals surface area (Å²) in [6.07, 6.45) is 1.84. The molecule has 198 valence electrons. The molecule has 0 atom stereocenters. The van der Waals surface area contributed by atoms with Crippen molar-refractivity contribution in [2.45, 2.75) is 6.92 Å². The summed E-state index contributed by atoms with van der Waals surface area (Å²) >= 11 is 0. The van der Waals surface area contributed by atoms with E-state index in [1.54, 1.807) is 4.68 Å². The molecule has 3 heterocycles. The van der Waals surface area contributed by atoms with E-state index in [0.29, 0.717) is 24.8 Å². The second kappa shape index (κ2) is 10.7. The quantitative estimate of drug-likeness (QED) is 0.327. The molecular weight excluding hydrogens is 492 g/mol. The van der Waals surface area contributed by atoms with E-state index in [2.05, 4.69) is 32.6 Å². The van der Waals surface area contributed by atoms with Gasteiger partial charge >= 0.3 is 6.03 Å². The van der Waals surface area contributed by atoms with Crippen molar-refractivity contribution < 1.29 is 9.53 Å². The standard InChI is InChI=1S/C29H30N8O2/c1-3-37(36-14-16-39-17-15-36)28-30-19-25-26(34-35(2)27(25)33-28)21-9-11-23(12-10-21)31-29(38)32-24-13-8-20-6-4-5-7-22(20)18-24/h4-13,18-19H,3,14-17H2,1-2H3,(H2,31,32,38). The summed E-state index contributed by atoms with van der Waals surface area (Å²) in [5.74, 6) is 0.651. The molecule has 1 saturated heterocycles. The molecule has 1 fully saturated rings. The lowest BCUT2D eigenvalue weighted by Gasteiger charge is -2.36. The summed E-state index contributed by atoms with van der Waals surface area (Å²) in [5, 5.41) is 17.9. The van der Waals surface area contributed by atoms with Crippen LogP contribution in [0.2, 0.25) is 0 Å². The van der Waals surface area contributed by atoms with Crippen molar-refractivity contribution in [2.24, 2.45) is 7.05 Å². The van der Waals surface area contributed by atoms with Crippen LogP contribution in [-0.2, 0) is 11.8 Å². The number of hydrogen-bond donors (Lipinski definition) is 2. The topological polar surface area (TPSA) is 100 Å². The molecule has 10 nitrogen and oxygen atoms in total. The molecule has 39 heavy (non-hydrogen) atoms. The first kappa shape index (κ1) is 24.8. The van der Waals surface area contributed by atoms with Crippen molar-refractivity contribution in [3.63, 3.8) is 0 Å². The van der Waals surface area contributed by atoms with Gasteiger partial charge in [-0.05, 0) is 42.0 Å². The summed E-state index contributed by atoms with van der Waals surface area (Å²) in [7, 11) is 1.89. The van der Waals surface area contributed by atoms with Gasteiger partial charge in [-0.25, -0.2) is 19.5 Å². The first-order chi connectivity index (χ1) is 19.1. The van der Waals surface area contributed by atoms with Gasteiger partial charge in [-0.15, -0.1) is 0 Å². The highest BCUT2D eigenvalue weighted by molar-refractivity contribution is 6.01. The number of aryl methyl sites for hydroxylation is 1. The Bertz CT molecular complexity index is 1630. The highest BCUT2D eigenvalue weighted by Gasteiger charge is 2.22. The maximum atomic E-state index is 12.6. The lowest BCUT2D eigenvalue weighted by atomic mass is 10.1. The van der Waals surface area contributed by atoms with Gasteiger partial charge in [0.1, 0.15) is 5.69 Å². The molecular formula is C29H30N8O2. The maximum absolute atomic E-state index is 12.6. The average molecular weight is 523 g/mol. The summed E-state index contributed by atoms with van der Waals surface area (Å²) in [5.41, 5.74) is 3.88. The molecule has 3 aromatic carbocycles. The van der Waals surface area contributed by atoms with Gasteiger partial charge in [-0.1, -0.05) is 42.5 Å². The largest absolute Gasteiger partial charge is 0.379 e. The number of urea groups is 1. The van der Waals surface area contributed by atoms with Crippen molar-refractivity contribution >= 4 is 45.2 Å². The fourth-order valence-corrected chi connectivity index (χ4v) is 4.90. The maximum Gasteiger partial charge on any atom is 0.323 e. The predicted molar refractivity (Wildman–Crippen MR) is 154 cm³/mol. The normalized spacial score (nSPS) is 14.0. The number of nitrogens with one attached hydrogen (secondary N) is 2. The van der Waals surface area contributed by atoms with E-state index in [9.17, 15) is 4.79 Å². The third-order valence-electron chi connectivity index (χ3n) is 6.85. The molecule has 5 aromatic rings. The highest BCUT2D eigenvalue weighted by Crippen LogP contribution is 2.29. The van der Waals surface area contributed by atoms with E-state index in [1.165, 1.54) is 0 Å². The lowest BCUT2D eigenvalue weighted by molar-refractivity contribution is 0.0314.